The molecule has 4 heteroatoms. The average Bonchev–Trinajstić information content (AvgIpc) is 2.37. The van der Waals surface area contributed by atoms with Crippen LogP contribution in [0, 0.1) is 5.92 Å². The molecule has 2 aliphatic rings. The number of piperidine rings is 1. The van der Waals surface area contributed by atoms with Crippen LogP contribution < -0.4 is 5.32 Å². The summed E-state index contributed by atoms with van der Waals surface area (Å²) in [7, 11) is 0. The molecule has 1 amide bonds. The molecular formula is C14H26N2O2. The lowest BCUT2D eigenvalue weighted by molar-refractivity contribution is -0.144. The van der Waals surface area contributed by atoms with Gasteiger partial charge >= 0.3 is 0 Å². The van der Waals surface area contributed by atoms with Crippen LogP contribution in [-0.2, 0) is 9.53 Å². The maximum Gasteiger partial charge on any atom is 0.223 e. The molecule has 0 aliphatic carbocycles. The Labute approximate surface area is 110 Å². The monoisotopic (exact) mass is 254 g/mol. The molecule has 2 atom stereocenters. The maximum absolute atomic E-state index is 12.3. The van der Waals surface area contributed by atoms with Gasteiger partial charge in [-0.1, -0.05) is 0 Å². The van der Waals surface area contributed by atoms with Gasteiger partial charge in [0.25, 0.3) is 0 Å². The molecule has 0 aromatic carbocycles. The van der Waals surface area contributed by atoms with Crippen molar-refractivity contribution in [3.63, 3.8) is 0 Å². The van der Waals surface area contributed by atoms with E-state index in [1.807, 2.05) is 4.90 Å². The van der Waals surface area contributed by atoms with Gasteiger partial charge in [-0.05, 0) is 52.1 Å². The van der Waals surface area contributed by atoms with Crippen molar-refractivity contribution in [3.05, 3.63) is 0 Å². The number of morpholine rings is 1. The maximum atomic E-state index is 12.3. The fraction of sp³-hybridized carbons (Fsp3) is 0.929. The quantitative estimate of drug-likeness (QED) is 0.828. The standard InChI is InChI=1S/C14H26N2O2/c1-11-9-18-10-12(2)16(11)14(17)4-3-13-5-7-15-8-6-13/h11-13,15H,3-10H2,1-2H3/t11-,12-/m0/s1. The third kappa shape index (κ3) is 3.45. The summed E-state index contributed by atoms with van der Waals surface area (Å²) < 4.78 is 5.47. The normalized spacial score (nSPS) is 30.4. The molecule has 2 saturated heterocycles. The van der Waals surface area contributed by atoms with Crippen LogP contribution in [0.1, 0.15) is 39.5 Å². The van der Waals surface area contributed by atoms with Crippen molar-refractivity contribution in [2.45, 2.75) is 51.6 Å². The summed E-state index contributed by atoms with van der Waals surface area (Å²) in [5.41, 5.74) is 0. The zero-order valence-electron chi connectivity index (χ0n) is 11.7. The second-order valence-corrected chi connectivity index (χ2v) is 5.77. The summed E-state index contributed by atoms with van der Waals surface area (Å²) in [6.45, 7) is 7.76. The molecule has 0 unspecified atom stereocenters. The minimum absolute atomic E-state index is 0.231. The molecule has 18 heavy (non-hydrogen) atoms. The molecule has 0 spiro atoms. The Kier molecular flexibility index (Phi) is 5.01. The van der Waals surface area contributed by atoms with Crippen molar-refractivity contribution in [2.75, 3.05) is 26.3 Å². The third-order valence-electron chi connectivity index (χ3n) is 4.18. The van der Waals surface area contributed by atoms with Crippen LogP contribution >= 0.6 is 0 Å². The zero-order chi connectivity index (χ0) is 13.0. The molecule has 2 heterocycles. The molecule has 0 saturated carbocycles. The summed E-state index contributed by atoms with van der Waals surface area (Å²) in [5.74, 6) is 1.05. The Balaban J connectivity index is 1.79. The predicted molar refractivity (Wildman–Crippen MR) is 71.4 cm³/mol. The Morgan fingerprint density at radius 2 is 1.83 bits per heavy atom. The lowest BCUT2D eigenvalue weighted by atomic mass is 9.92. The van der Waals surface area contributed by atoms with Gasteiger partial charge in [-0.2, -0.15) is 0 Å². The van der Waals surface area contributed by atoms with Crippen LogP contribution in [0.2, 0.25) is 0 Å². The van der Waals surface area contributed by atoms with Crippen LogP contribution in [0.15, 0.2) is 0 Å². The van der Waals surface area contributed by atoms with E-state index >= 15 is 0 Å². The van der Waals surface area contributed by atoms with Crippen molar-refractivity contribution in [2.24, 2.45) is 5.92 Å². The Morgan fingerprint density at radius 3 is 2.44 bits per heavy atom. The van der Waals surface area contributed by atoms with Gasteiger partial charge in [0, 0.05) is 6.42 Å². The molecule has 0 aromatic rings. The van der Waals surface area contributed by atoms with E-state index in [-0.39, 0.29) is 12.1 Å². The van der Waals surface area contributed by atoms with Crippen LogP contribution in [0.5, 0.6) is 0 Å². The van der Waals surface area contributed by atoms with E-state index in [0.717, 1.165) is 25.4 Å². The number of hydrogen-bond acceptors (Lipinski definition) is 3. The molecule has 2 fully saturated rings. The highest BCUT2D eigenvalue weighted by molar-refractivity contribution is 5.77. The van der Waals surface area contributed by atoms with E-state index in [9.17, 15) is 4.79 Å². The molecule has 0 aromatic heterocycles. The third-order valence-corrected chi connectivity index (χ3v) is 4.18. The smallest absolute Gasteiger partial charge is 0.223 e. The van der Waals surface area contributed by atoms with Gasteiger partial charge in [-0.3, -0.25) is 4.79 Å². The van der Waals surface area contributed by atoms with Gasteiger partial charge in [0.1, 0.15) is 0 Å². The summed E-state index contributed by atoms with van der Waals surface area (Å²) >= 11 is 0. The van der Waals surface area contributed by atoms with Crippen LogP contribution in [0.4, 0.5) is 0 Å². The average molecular weight is 254 g/mol. The first kappa shape index (κ1) is 13.8. The highest BCUT2D eigenvalue weighted by Crippen LogP contribution is 2.21. The van der Waals surface area contributed by atoms with Crippen molar-refractivity contribution < 1.29 is 9.53 Å². The second kappa shape index (κ2) is 6.53. The highest BCUT2D eigenvalue weighted by atomic mass is 16.5. The van der Waals surface area contributed by atoms with E-state index in [4.69, 9.17) is 4.74 Å². The van der Waals surface area contributed by atoms with E-state index in [0.29, 0.717) is 25.5 Å². The summed E-state index contributed by atoms with van der Waals surface area (Å²) in [6, 6.07) is 0.462. The molecule has 4 nitrogen and oxygen atoms in total. The lowest BCUT2D eigenvalue weighted by Gasteiger charge is -2.39. The van der Waals surface area contributed by atoms with Gasteiger partial charge < -0.3 is 15.0 Å². The minimum Gasteiger partial charge on any atom is -0.377 e. The number of carbonyl (C=O) groups excluding carboxylic acids is 1. The fourth-order valence-electron chi connectivity index (χ4n) is 3.12. The number of nitrogens with one attached hydrogen (secondary N) is 1. The zero-order valence-corrected chi connectivity index (χ0v) is 11.7. The molecule has 0 radical (unpaired) electrons. The molecular weight excluding hydrogens is 228 g/mol. The first-order valence-electron chi connectivity index (χ1n) is 7.28. The number of hydrogen-bond donors (Lipinski definition) is 1. The first-order chi connectivity index (χ1) is 8.68. The first-order valence-corrected chi connectivity index (χ1v) is 7.28. The topological polar surface area (TPSA) is 41.6 Å². The van der Waals surface area contributed by atoms with Crippen LogP contribution in [0.3, 0.4) is 0 Å². The van der Waals surface area contributed by atoms with E-state index < -0.39 is 0 Å². The molecule has 2 rings (SSSR count). The van der Waals surface area contributed by atoms with Crippen molar-refractivity contribution in [1.29, 1.82) is 0 Å². The number of rotatable bonds is 3. The highest BCUT2D eigenvalue weighted by Gasteiger charge is 2.29. The Bertz CT molecular complexity index is 267. The van der Waals surface area contributed by atoms with E-state index in [2.05, 4.69) is 19.2 Å². The van der Waals surface area contributed by atoms with E-state index in [1.165, 1.54) is 12.8 Å². The van der Waals surface area contributed by atoms with Crippen molar-refractivity contribution in [1.82, 2.24) is 10.2 Å². The SMILES string of the molecule is C[C@H]1COC[C@H](C)N1C(=O)CCC1CCNCC1. The van der Waals surface area contributed by atoms with E-state index in [1.54, 1.807) is 0 Å². The van der Waals surface area contributed by atoms with Gasteiger partial charge in [0.05, 0.1) is 25.3 Å². The number of carbonyl (C=O) groups is 1. The minimum atomic E-state index is 0.231. The lowest BCUT2D eigenvalue weighted by Crippen LogP contribution is -2.52. The van der Waals surface area contributed by atoms with Crippen LogP contribution in [-0.4, -0.2) is 49.2 Å². The predicted octanol–water partition coefficient (Wildman–Crippen LogP) is 1.40. The van der Waals surface area contributed by atoms with Gasteiger partial charge in [0.15, 0.2) is 0 Å². The number of amides is 1. The Morgan fingerprint density at radius 1 is 1.22 bits per heavy atom. The number of nitrogens with zero attached hydrogens (tertiary/aromatic N) is 1. The summed E-state index contributed by atoms with van der Waals surface area (Å²) in [4.78, 5) is 14.3. The largest absolute Gasteiger partial charge is 0.377 e. The van der Waals surface area contributed by atoms with Crippen LogP contribution in [0.25, 0.3) is 0 Å². The van der Waals surface area contributed by atoms with Gasteiger partial charge in [0.2, 0.25) is 5.91 Å². The molecule has 104 valence electrons. The summed E-state index contributed by atoms with van der Waals surface area (Å²) in [6.07, 6.45) is 4.21. The summed E-state index contributed by atoms with van der Waals surface area (Å²) in [5, 5.41) is 3.37. The fourth-order valence-corrected chi connectivity index (χ4v) is 3.12. The van der Waals surface area contributed by atoms with Crippen molar-refractivity contribution >= 4 is 5.91 Å². The second-order valence-electron chi connectivity index (χ2n) is 5.77. The van der Waals surface area contributed by atoms with Crippen molar-refractivity contribution in [3.8, 4) is 0 Å². The molecule has 1 N–H and O–H groups in total. The molecule has 0 bridgehead atoms. The molecule has 2 aliphatic heterocycles. The van der Waals surface area contributed by atoms with Gasteiger partial charge in [-0.15, -0.1) is 0 Å². The van der Waals surface area contributed by atoms with Gasteiger partial charge in [-0.25, -0.2) is 0 Å². The number of ether oxygens (including phenoxy) is 1. The Hall–Kier alpha value is -0.610.